The lowest BCUT2D eigenvalue weighted by Crippen LogP contribution is -2.08. The van der Waals surface area contributed by atoms with Gasteiger partial charge < -0.3 is 0 Å². The zero-order valence-corrected chi connectivity index (χ0v) is 17.8. The highest BCUT2D eigenvalue weighted by molar-refractivity contribution is 9.11. The first kappa shape index (κ1) is 18.7. The normalized spacial score (nSPS) is 10.6. The summed E-state index contributed by atoms with van der Waals surface area (Å²) in [5.41, 5.74) is 4.10. The summed E-state index contributed by atoms with van der Waals surface area (Å²) in [5.74, 6) is -0.113. The monoisotopic (exact) mass is 492 g/mol. The summed E-state index contributed by atoms with van der Waals surface area (Å²) in [5, 5.41) is 0. The molecule has 0 amide bonds. The lowest BCUT2D eigenvalue weighted by Gasteiger charge is -2.12. The van der Waals surface area contributed by atoms with Crippen molar-refractivity contribution < 1.29 is 4.79 Å². The van der Waals surface area contributed by atoms with Crippen LogP contribution >= 0.6 is 31.9 Å². The van der Waals surface area contributed by atoms with E-state index in [4.69, 9.17) is 0 Å². The van der Waals surface area contributed by atoms with Crippen molar-refractivity contribution in [3.63, 3.8) is 0 Å². The van der Waals surface area contributed by atoms with E-state index in [0.717, 1.165) is 20.1 Å². The Hall–Kier alpha value is -2.63. The van der Waals surface area contributed by atoms with Gasteiger partial charge in [0.25, 0.3) is 0 Å². The van der Waals surface area contributed by atoms with E-state index in [9.17, 15) is 4.79 Å². The van der Waals surface area contributed by atoms with E-state index in [-0.39, 0.29) is 5.78 Å². The molecule has 2 heterocycles. The van der Waals surface area contributed by atoms with Gasteiger partial charge in [-0.25, -0.2) is 0 Å². The lowest BCUT2D eigenvalue weighted by atomic mass is 9.95. The van der Waals surface area contributed by atoms with Crippen molar-refractivity contribution in [3.05, 3.63) is 105 Å². The molecule has 0 saturated carbocycles. The maximum atomic E-state index is 13.5. The van der Waals surface area contributed by atoms with E-state index in [1.165, 1.54) is 0 Å². The fourth-order valence-electron chi connectivity index (χ4n) is 3.06. The molecule has 0 aliphatic rings. The smallest absolute Gasteiger partial charge is 0.197 e. The molecule has 5 heteroatoms. The van der Waals surface area contributed by atoms with E-state index in [2.05, 4.69) is 41.8 Å². The van der Waals surface area contributed by atoms with Gasteiger partial charge in [0.15, 0.2) is 5.78 Å². The number of halogens is 2. The first-order valence-corrected chi connectivity index (χ1v) is 10.2. The summed E-state index contributed by atoms with van der Waals surface area (Å²) >= 11 is 7.13. The number of benzene rings is 2. The molecule has 0 spiro atoms. The van der Waals surface area contributed by atoms with Crippen LogP contribution in [-0.2, 0) is 0 Å². The second kappa shape index (κ2) is 8.17. The van der Waals surface area contributed by atoms with Gasteiger partial charge in [-0.05, 0) is 36.4 Å². The van der Waals surface area contributed by atoms with Crippen molar-refractivity contribution in [2.75, 3.05) is 0 Å². The molecule has 2 aromatic carbocycles. The molecule has 28 heavy (non-hydrogen) atoms. The summed E-state index contributed by atoms with van der Waals surface area (Å²) in [7, 11) is 0. The molecular formula is C23H14Br2N2O. The van der Waals surface area contributed by atoms with Crippen LogP contribution in [0.4, 0.5) is 0 Å². The highest BCUT2D eigenvalue weighted by Crippen LogP contribution is 2.33. The molecule has 0 bridgehead atoms. The Morgan fingerprint density at radius 1 is 0.607 bits per heavy atom. The molecule has 3 nitrogen and oxygen atoms in total. The highest BCUT2D eigenvalue weighted by Gasteiger charge is 2.21. The van der Waals surface area contributed by atoms with Crippen molar-refractivity contribution in [1.82, 2.24) is 9.97 Å². The zero-order chi connectivity index (χ0) is 19.5. The van der Waals surface area contributed by atoms with Gasteiger partial charge >= 0.3 is 0 Å². The van der Waals surface area contributed by atoms with Crippen LogP contribution in [-0.4, -0.2) is 15.8 Å². The molecule has 136 valence electrons. The highest BCUT2D eigenvalue weighted by atomic mass is 79.9. The maximum Gasteiger partial charge on any atom is 0.197 e. The number of pyridine rings is 2. The quantitative estimate of drug-likeness (QED) is 0.302. The standard InChI is InChI=1S/C23H14Br2N2O/c24-19-11-3-1-7-15(19)21-17(9-5-13-26-21)23(28)18-10-6-14-27-22(18)16-8-2-4-12-20(16)25/h1-14H. The van der Waals surface area contributed by atoms with Crippen LogP contribution < -0.4 is 0 Å². The summed E-state index contributed by atoms with van der Waals surface area (Å²) in [6.45, 7) is 0. The van der Waals surface area contributed by atoms with E-state index in [1.807, 2.05) is 48.5 Å². The fourth-order valence-corrected chi connectivity index (χ4v) is 4.00. The molecular weight excluding hydrogens is 480 g/mol. The van der Waals surface area contributed by atoms with E-state index in [1.54, 1.807) is 36.7 Å². The molecule has 0 aliphatic heterocycles. The first-order valence-electron chi connectivity index (χ1n) is 8.61. The minimum atomic E-state index is -0.113. The van der Waals surface area contributed by atoms with Crippen LogP contribution in [0.1, 0.15) is 15.9 Å². The van der Waals surface area contributed by atoms with Gasteiger partial charge in [0.2, 0.25) is 0 Å². The number of hydrogen-bond acceptors (Lipinski definition) is 3. The Morgan fingerprint density at radius 2 is 1.04 bits per heavy atom. The third-order valence-electron chi connectivity index (χ3n) is 4.36. The topological polar surface area (TPSA) is 42.9 Å². The van der Waals surface area contributed by atoms with E-state index < -0.39 is 0 Å². The minimum absolute atomic E-state index is 0.113. The van der Waals surface area contributed by atoms with Gasteiger partial charge in [-0.3, -0.25) is 14.8 Å². The molecule has 0 atom stereocenters. The second-order valence-corrected chi connectivity index (χ2v) is 7.80. The van der Waals surface area contributed by atoms with Crippen molar-refractivity contribution in [1.29, 1.82) is 0 Å². The van der Waals surface area contributed by atoms with Crippen LogP contribution in [0.25, 0.3) is 22.5 Å². The summed E-state index contributed by atoms with van der Waals surface area (Å²) in [4.78, 5) is 22.5. The van der Waals surface area contributed by atoms with Gasteiger partial charge in [-0.2, -0.15) is 0 Å². The zero-order valence-electron chi connectivity index (χ0n) is 14.6. The molecule has 0 N–H and O–H groups in total. The van der Waals surface area contributed by atoms with Crippen molar-refractivity contribution in [2.24, 2.45) is 0 Å². The van der Waals surface area contributed by atoms with Gasteiger partial charge in [0, 0.05) is 43.6 Å². The predicted molar refractivity (Wildman–Crippen MR) is 118 cm³/mol. The molecule has 0 fully saturated rings. The summed E-state index contributed by atoms with van der Waals surface area (Å²) < 4.78 is 1.78. The predicted octanol–water partition coefficient (Wildman–Crippen LogP) is 6.57. The Kier molecular flexibility index (Phi) is 5.46. The molecule has 4 aromatic rings. The SMILES string of the molecule is O=C(c1cccnc1-c1ccccc1Br)c1cccnc1-c1ccccc1Br. The third-order valence-corrected chi connectivity index (χ3v) is 5.75. The van der Waals surface area contributed by atoms with Crippen molar-refractivity contribution >= 4 is 37.6 Å². The van der Waals surface area contributed by atoms with E-state index in [0.29, 0.717) is 22.5 Å². The Labute approximate surface area is 179 Å². The number of nitrogens with zero attached hydrogens (tertiary/aromatic N) is 2. The second-order valence-electron chi connectivity index (χ2n) is 6.09. The lowest BCUT2D eigenvalue weighted by molar-refractivity contribution is 0.103. The molecule has 4 rings (SSSR count). The molecule has 0 aliphatic carbocycles. The first-order chi connectivity index (χ1) is 13.7. The molecule has 0 radical (unpaired) electrons. The number of carbonyl (C=O) groups is 1. The van der Waals surface area contributed by atoms with E-state index >= 15 is 0 Å². The van der Waals surface area contributed by atoms with Crippen molar-refractivity contribution in [3.8, 4) is 22.5 Å². The number of hydrogen-bond donors (Lipinski definition) is 0. The fraction of sp³-hybridized carbons (Fsp3) is 0. The van der Waals surface area contributed by atoms with Crippen LogP contribution in [0, 0.1) is 0 Å². The number of carbonyl (C=O) groups excluding carboxylic acids is 1. The average molecular weight is 494 g/mol. The Bertz CT molecular complexity index is 1080. The number of aromatic nitrogens is 2. The van der Waals surface area contributed by atoms with Crippen LogP contribution in [0.15, 0.2) is 94.1 Å². The van der Waals surface area contributed by atoms with Crippen LogP contribution in [0.3, 0.4) is 0 Å². The minimum Gasteiger partial charge on any atom is -0.288 e. The maximum absolute atomic E-state index is 13.5. The number of ketones is 1. The van der Waals surface area contributed by atoms with Crippen molar-refractivity contribution in [2.45, 2.75) is 0 Å². The molecule has 0 saturated heterocycles. The van der Waals surface area contributed by atoms with Crippen LogP contribution in [0.2, 0.25) is 0 Å². The average Bonchev–Trinajstić information content (AvgIpc) is 2.74. The molecule has 2 aromatic heterocycles. The van der Waals surface area contributed by atoms with Crippen LogP contribution in [0.5, 0.6) is 0 Å². The molecule has 0 unspecified atom stereocenters. The number of rotatable bonds is 4. The van der Waals surface area contributed by atoms with Gasteiger partial charge in [0.05, 0.1) is 11.4 Å². The van der Waals surface area contributed by atoms with Gasteiger partial charge in [-0.1, -0.05) is 68.3 Å². The van der Waals surface area contributed by atoms with Gasteiger partial charge in [-0.15, -0.1) is 0 Å². The Balaban J connectivity index is 1.88. The summed E-state index contributed by atoms with van der Waals surface area (Å²) in [6.07, 6.45) is 3.40. The largest absolute Gasteiger partial charge is 0.288 e. The Morgan fingerprint density at radius 3 is 1.46 bits per heavy atom. The van der Waals surface area contributed by atoms with Gasteiger partial charge in [0.1, 0.15) is 0 Å². The summed E-state index contributed by atoms with van der Waals surface area (Å²) in [6, 6.07) is 22.7. The third kappa shape index (κ3) is 3.55.